The van der Waals surface area contributed by atoms with Gasteiger partial charge in [0.05, 0.1) is 6.61 Å². The highest BCUT2D eigenvalue weighted by molar-refractivity contribution is 5.78. The first-order valence-electron chi connectivity index (χ1n) is 8.87. The molecule has 2 rings (SSSR count). The van der Waals surface area contributed by atoms with Crippen molar-refractivity contribution in [3.63, 3.8) is 0 Å². The first-order valence-corrected chi connectivity index (χ1v) is 8.87. The van der Waals surface area contributed by atoms with Crippen molar-refractivity contribution in [2.45, 2.75) is 33.6 Å². The molecule has 1 aromatic rings. The van der Waals surface area contributed by atoms with Crippen LogP contribution in [0, 0.1) is 0 Å². The quantitative estimate of drug-likeness (QED) is 0.768. The molecule has 0 saturated heterocycles. The standard InChI is InChI=1S/C15H22N2.C5H10O2/c1-4-17(3)15-10-6-5-9-14(15)13-8-7-11-16(2)12-13;1-3-5(6)7-4-2/h5-6,8-10H,4,7,11-12H2,1-3H3;3-4H2,1-2H3. The molecule has 4 nitrogen and oxygen atoms in total. The SMILES string of the molecule is CCN(C)c1ccccc1C1=CCCN(C)C1.CCOC(=O)CC. The molecule has 0 saturated carbocycles. The zero-order chi connectivity index (χ0) is 17.9. The molecule has 0 spiro atoms. The summed E-state index contributed by atoms with van der Waals surface area (Å²) < 4.78 is 4.55. The van der Waals surface area contributed by atoms with Crippen LogP contribution in [0.4, 0.5) is 5.69 Å². The van der Waals surface area contributed by atoms with Gasteiger partial charge in [0.15, 0.2) is 0 Å². The highest BCUT2D eigenvalue weighted by Crippen LogP contribution is 2.28. The van der Waals surface area contributed by atoms with E-state index in [-0.39, 0.29) is 5.97 Å². The lowest BCUT2D eigenvalue weighted by Crippen LogP contribution is -2.26. The van der Waals surface area contributed by atoms with Gasteiger partial charge in [0.1, 0.15) is 0 Å². The van der Waals surface area contributed by atoms with Crippen molar-refractivity contribution in [2.75, 3.05) is 45.2 Å². The van der Waals surface area contributed by atoms with E-state index in [1.54, 1.807) is 13.8 Å². The topological polar surface area (TPSA) is 32.8 Å². The molecule has 0 unspecified atom stereocenters. The Balaban J connectivity index is 0.000000351. The predicted molar refractivity (Wildman–Crippen MR) is 102 cm³/mol. The van der Waals surface area contributed by atoms with Crippen LogP contribution in [-0.2, 0) is 9.53 Å². The Bertz CT molecular complexity index is 540. The molecule has 1 heterocycles. The Morgan fingerprint density at radius 1 is 1.25 bits per heavy atom. The van der Waals surface area contributed by atoms with Crippen LogP contribution in [0.1, 0.15) is 39.2 Å². The Labute approximate surface area is 147 Å². The molecule has 0 radical (unpaired) electrons. The molecule has 1 aliphatic heterocycles. The van der Waals surface area contributed by atoms with E-state index in [0.717, 1.165) is 19.5 Å². The summed E-state index contributed by atoms with van der Waals surface area (Å²) in [6, 6.07) is 8.72. The fourth-order valence-corrected chi connectivity index (χ4v) is 2.60. The second kappa shape index (κ2) is 10.9. The van der Waals surface area contributed by atoms with Crippen LogP contribution >= 0.6 is 0 Å². The first kappa shape index (κ1) is 20.2. The molecule has 1 aromatic carbocycles. The average molecular weight is 332 g/mol. The van der Waals surface area contributed by atoms with Crippen LogP contribution in [0.5, 0.6) is 0 Å². The van der Waals surface area contributed by atoms with Crippen molar-refractivity contribution in [2.24, 2.45) is 0 Å². The molecule has 0 aliphatic carbocycles. The van der Waals surface area contributed by atoms with Crippen molar-refractivity contribution in [1.82, 2.24) is 4.90 Å². The average Bonchev–Trinajstić information content (AvgIpc) is 2.61. The summed E-state index contributed by atoms with van der Waals surface area (Å²) in [6.45, 7) is 9.54. The number of anilines is 1. The van der Waals surface area contributed by atoms with E-state index in [0.29, 0.717) is 13.0 Å². The number of rotatable bonds is 5. The number of likely N-dealkylation sites (N-methyl/N-ethyl adjacent to an activating group) is 1. The van der Waals surface area contributed by atoms with E-state index < -0.39 is 0 Å². The van der Waals surface area contributed by atoms with Gasteiger partial charge in [-0.3, -0.25) is 4.79 Å². The summed E-state index contributed by atoms with van der Waals surface area (Å²) in [5.41, 5.74) is 4.20. The lowest BCUT2D eigenvalue weighted by Gasteiger charge is -2.27. The summed E-state index contributed by atoms with van der Waals surface area (Å²) in [6.07, 6.45) is 4.03. The lowest BCUT2D eigenvalue weighted by molar-refractivity contribution is -0.142. The molecule has 0 fully saturated rings. The molecule has 1 aliphatic rings. The largest absolute Gasteiger partial charge is 0.466 e. The van der Waals surface area contributed by atoms with Gasteiger partial charge >= 0.3 is 5.97 Å². The highest BCUT2D eigenvalue weighted by Gasteiger charge is 2.14. The number of para-hydroxylation sites is 1. The summed E-state index contributed by atoms with van der Waals surface area (Å²) in [5.74, 6) is -0.123. The van der Waals surface area contributed by atoms with E-state index in [2.05, 4.69) is 65.9 Å². The molecule has 134 valence electrons. The van der Waals surface area contributed by atoms with Gasteiger partial charge in [-0.25, -0.2) is 0 Å². The molecular formula is C20H32N2O2. The van der Waals surface area contributed by atoms with Gasteiger partial charge in [-0.2, -0.15) is 0 Å². The number of carbonyl (C=O) groups excluding carboxylic acids is 1. The summed E-state index contributed by atoms with van der Waals surface area (Å²) in [7, 11) is 4.35. The molecule has 0 N–H and O–H groups in total. The first-order chi connectivity index (χ1) is 11.5. The summed E-state index contributed by atoms with van der Waals surface area (Å²) in [5, 5.41) is 0. The monoisotopic (exact) mass is 332 g/mol. The third-order valence-electron chi connectivity index (χ3n) is 4.07. The van der Waals surface area contributed by atoms with Gasteiger partial charge in [0.2, 0.25) is 0 Å². The molecular weight excluding hydrogens is 300 g/mol. The molecule has 4 heteroatoms. The normalized spacial score (nSPS) is 14.3. The van der Waals surface area contributed by atoms with Crippen molar-refractivity contribution in [3.8, 4) is 0 Å². The van der Waals surface area contributed by atoms with Crippen molar-refractivity contribution in [3.05, 3.63) is 35.9 Å². The van der Waals surface area contributed by atoms with E-state index in [9.17, 15) is 4.79 Å². The van der Waals surface area contributed by atoms with Crippen molar-refractivity contribution in [1.29, 1.82) is 0 Å². The Kier molecular flexibility index (Phi) is 9.16. The van der Waals surface area contributed by atoms with Crippen LogP contribution in [0.2, 0.25) is 0 Å². The van der Waals surface area contributed by atoms with E-state index in [1.165, 1.54) is 23.4 Å². The maximum absolute atomic E-state index is 10.2. The van der Waals surface area contributed by atoms with Gasteiger partial charge < -0.3 is 14.5 Å². The van der Waals surface area contributed by atoms with Crippen LogP contribution in [0.15, 0.2) is 30.3 Å². The van der Waals surface area contributed by atoms with Gasteiger partial charge in [0, 0.05) is 44.4 Å². The second-order valence-electron chi connectivity index (χ2n) is 5.95. The number of benzene rings is 1. The summed E-state index contributed by atoms with van der Waals surface area (Å²) in [4.78, 5) is 14.9. The number of hydrogen-bond donors (Lipinski definition) is 0. The van der Waals surface area contributed by atoms with Crippen LogP contribution in [-0.4, -0.2) is 51.2 Å². The number of ether oxygens (including phenoxy) is 1. The maximum atomic E-state index is 10.2. The van der Waals surface area contributed by atoms with Gasteiger partial charge in [0.25, 0.3) is 0 Å². The predicted octanol–water partition coefficient (Wildman–Crippen LogP) is 3.82. The fraction of sp³-hybridized carbons (Fsp3) is 0.550. The van der Waals surface area contributed by atoms with Gasteiger partial charge in [-0.1, -0.05) is 31.2 Å². The smallest absolute Gasteiger partial charge is 0.305 e. The maximum Gasteiger partial charge on any atom is 0.305 e. The van der Waals surface area contributed by atoms with E-state index >= 15 is 0 Å². The highest BCUT2D eigenvalue weighted by atomic mass is 16.5. The van der Waals surface area contributed by atoms with Gasteiger partial charge in [-0.05, 0) is 39.0 Å². The Morgan fingerprint density at radius 2 is 1.96 bits per heavy atom. The number of hydrogen-bond acceptors (Lipinski definition) is 4. The zero-order valence-electron chi connectivity index (χ0n) is 15.8. The Hall–Kier alpha value is -1.81. The van der Waals surface area contributed by atoms with Crippen molar-refractivity contribution >= 4 is 17.2 Å². The Morgan fingerprint density at radius 3 is 2.50 bits per heavy atom. The third-order valence-corrected chi connectivity index (χ3v) is 4.07. The number of carbonyl (C=O) groups is 1. The van der Waals surface area contributed by atoms with E-state index in [4.69, 9.17) is 0 Å². The fourth-order valence-electron chi connectivity index (χ4n) is 2.60. The number of nitrogens with zero attached hydrogens (tertiary/aromatic N) is 2. The second-order valence-corrected chi connectivity index (χ2v) is 5.95. The molecule has 0 atom stereocenters. The lowest BCUT2D eigenvalue weighted by atomic mass is 9.99. The number of esters is 1. The molecule has 24 heavy (non-hydrogen) atoms. The minimum Gasteiger partial charge on any atom is -0.466 e. The zero-order valence-corrected chi connectivity index (χ0v) is 15.8. The van der Waals surface area contributed by atoms with Crippen molar-refractivity contribution < 1.29 is 9.53 Å². The minimum absolute atomic E-state index is 0.123. The minimum atomic E-state index is -0.123. The van der Waals surface area contributed by atoms with Crippen LogP contribution in [0.3, 0.4) is 0 Å². The molecule has 0 amide bonds. The van der Waals surface area contributed by atoms with E-state index in [1.807, 2.05) is 0 Å². The van der Waals surface area contributed by atoms with Crippen LogP contribution < -0.4 is 4.90 Å². The van der Waals surface area contributed by atoms with Gasteiger partial charge in [-0.15, -0.1) is 0 Å². The third kappa shape index (κ3) is 6.36. The molecule has 0 bridgehead atoms. The van der Waals surface area contributed by atoms with Crippen LogP contribution in [0.25, 0.3) is 5.57 Å². The molecule has 0 aromatic heterocycles. The summed E-state index contributed by atoms with van der Waals surface area (Å²) >= 11 is 0.